The minimum absolute atomic E-state index is 0.0938. The Morgan fingerprint density at radius 3 is 2.46 bits per heavy atom. The molecule has 0 radical (unpaired) electrons. The molecule has 0 saturated carbocycles. The van der Waals surface area contributed by atoms with Crippen molar-refractivity contribution in [3.63, 3.8) is 0 Å². The van der Waals surface area contributed by atoms with Crippen LogP contribution in [-0.2, 0) is 10.0 Å². The Hall–Kier alpha value is -1.96. The van der Waals surface area contributed by atoms with Crippen molar-refractivity contribution in [2.24, 2.45) is 5.10 Å². The van der Waals surface area contributed by atoms with Crippen molar-refractivity contribution in [1.29, 1.82) is 0 Å². The molecule has 0 bridgehead atoms. The van der Waals surface area contributed by atoms with E-state index >= 15 is 0 Å². The van der Waals surface area contributed by atoms with Gasteiger partial charge in [0.25, 0.3) is 10.0 Å². The summed E-state index contributed by atoms with van der Waals surface area (Å²) in [6, 6.07) is 9.20. The van der Waals surface area contributed by atoms with Crippen molar-refractivity contribution in [1.82, 2.24) is 4.83 Å². The Kier molecular flexibility index (Phi) is 5.93. The lowest BCUT2D eigenvalue weighted by atomic mass is 10.2. The Bertz CT molecular complexity index is 870. The molecule has 0 heterocycles. The lowest BCUT2D eigenvalue weighted by Gasteiger charge is -2.10. The van der Waals surface area contributed by atoms with Crippen LogP contribution in [0.15, 0.2) is 46.4 Å². The Morgan fingerprint density at radius 2 is 1.83 bits per heavy atom. The van der Waals surface area contributed by atoms with Crippen LogP contribution in [0.5, 0.6) is 11.5 Å². The van der Waals surface area contributed by atoms with Gasteiger partial charge >= 0.3 is 0 Å². The average Bonchev–Trinajstić information content (AvgIpc) is 2.56. The first-order chi connectivity index (χ1) is 11.4. The van der Waals surface area contributed by atoms with Gasteiger partial charge in [-0.15, -0.1) is 0 Å². The van der Waals surface area contributed by atoms with Crippen molar-refractivity contribution < 1.29 is 17.9 Å². The summed E-state index contributed by atoms with van der Waals surface area (Å²) in [5.41, 5.74) is 0.515. The molecule has 0 aliphatic rings. The highest BCUT2D eigenvalue weighted by Gasteiger charge is 2.20. The van der Waals surface area contributed by atoms with E-state index in [2.05, 4.69) is 9.93 Å². The van der Waals surface area contributed by atoms with Gasteiger partial charge in [-0.2, -0.15) is 18.4 Å². The van der Waals surface area contributed by atoms with Crippen LogP contribution in [-0.4, -0.2) is 28.9 Å². The molecule has 0 saturated heterocycles. The highest BCUT2D eigenvalue weighted by molar-refractivity contribution is 7.89. The smallest absolute Gasteiger partial charge is 0.280 e. The predicted molar refractivity (Wildman–Crippen MR) is 93.9 cm³/mol. The third kappa shape index (κ3) is 4.31. The lowest BCUT2D eigenvalue weighted by molar-refractivity contribution is 0.392. The van der Waals surface area contributed by atoms with E-state index in [-0.39, 0.29) is 10.6 Å². The molecule has 24 heavy (non-hydrogen) atoms. The third-order valence-electron chi connectivity index (χ3n) is 3.00. The molecule has 0 aromatic heterocycles. The first-order valence-corrected chi connectivity index (χ1v) is 8.83. The maximum atomic E-state index is 12.4. The normalized spacial score (nSPS) is 11.5. The van der Waals surface area contributed by atoms with Gasteiger partial charge in [0.2, 0.25) is 0 Å². The lowest BCUT2D eigenvalue weighted by Crippen LogP contribution is -2.19. The molecule has 0 unspecified atom stereocenters. The molecule has 2 aromatic rings. The summed E-state index contributed by atoms with van der Waals surface area (Å²) in [6.45, 7) is 0. The molecule has 9 heteroatoms. The van der Waals surface area contributed by atoms with Crippen molar-refractivity contribution in [3.8, 4) is 11.5 Å². The molecule has 0 spiro atoms. The fourth-order valence-electron chi connectivity index (χ4n) is 1.81. The predicted octanol–water partition coefficient (Wildman–Crippen LogP) is 3.32. The number of hydrogen-bond donors (Lipinski definition) is 1. The largest absolute Gasteiger partial charge is 0.497 e. The van der Waals surface area contributed by atoms with Crippen LogP contribution in [0.25, 0.3) is 0 Å². The fourth-order valence-corrected chi connectivity index (χ4v) is 3.25. The number of methoxy groups -OCH3 is 2. The molecule has 0 amide bonds. The second kappa shape index (κ2) is 7.74. The number of ether oxygens (including phenoxy) is 2. The number of benzene rings is 2. The summed E-state index contributed by atoms with van der Waals surface area (Å²) in [5, 5.41) is 4.55. The van der Waals surface area contributed by atoms with Gasteiger partial charge in [0, 0.05) is 16.7 Å². The highest BCUT2D eigenvalue weighted by Crippen LogP contribution is 2.28. The Morgan fingerprint density at radius 1 is 1.08 bits per heavy atom. The molecule has 0 fully saturated rings. The van der Waals surface area contributed by atoms with Gasteiger partial charge in [-0.1, -0.05) is 29.3 Å². The maximum Gasteiger partial charge on any atom is 0.280 e. The van der Waals surface area contributed by atoms with Crippen molar-refractivity contribution >= 4 is 39.4 Å². The van der Waals surface area contributed by atoms with E-state index in [1.165, 1.54) is 38.6 Å². The van der Waals surface area contributed by atoms with Gasteiger partial charge in [-0.3, -0.25) is 0 Å². The molecule has 0 atom stereocenters. The van der Waals surface area contributed by atoms with E-state index in [1.807, 2.05) is 0 Å². The summed E-state index contributed by atoms with van der Waals surface area (Å²) in [4.78, 5) is 2.01. The number of hydrogen-bond acceptors (Lipinski definition) is 5. The van der Waals surface area contributed by atoms with E-state index in [0.29, 0.717) is 21.4 Å². The molecule has 0 aliphatic carbocycles. The number of hydrazone groups is 1. The maximum absolute atomic E-state index is 12.4. The topological polar surface area (TPSA) is 77.0 Å². The molecule has 2 aromatic carbocycles. The minimum Gasteiger partial charge on any atom is -0.497 e. The van der Waals surface area contributed by atoms with Gasteiger partial charge in [0.1, 0.15) is 16.4 Å². The molecule has 6 nitrogen and oxygen atoms in total. The molecule has 1 N–H and O–H groups in total. The summed E-state index contributed by atoms with van der Waals surface area (Å²) in [6.07, 6.45) is 1.28. The van der Waals surface area contributed by atoms with Crippen LogP contribution >= 0.6 is 23.2 Å². The van der Waals surface area contributed by atoms with Gasteiger partial charge < -0.3 is 9.47 Å². The van der Waals surface area contributed by atoms with Crippen molar-refractivity contribution in [3.05, 3.63) is 52.0 Å². The van der Waals surface area contributed by atoms with E-state index in [0.717, 1.165) is 0 Å². The Labute approximate surface area is 150 Å². The number of sulfonamides is 1. The zero-order chi connectivity index (χ0) is 17.7. The van der Waals surface area contributed by atoms with E-state index < -0.39 is 10.0 Å². The first kappa shape index (κ1) is 18.4. The zero-order valence-electron chi connectivity index (χ0n) is 12.8. The molecule has 0 aliphatic heterocycles. The summed E-state index contributed by atoms with van der Waals surface area (Å²) in [7, 11) is -1.14. The first-order valence-electron chi connectivity index (χ1n) is 6.59. The van der Waals surface area contributed by atoms with Gasteiger partial charge in [-0.05, 0) is 24.3 Å². The third-order valence-corrected chi connectivity index (χ3v) is 4.81. The average molecular weight is 389 g/mol. The quantitative estimate of drug-likeness (QED) is 0.608. The van der Waals surface area contributed by atoms with Crippen LogP contribution in [0.1, 0.15) is 5.56 Å². The van der Waals surface area contributed by atoms with Crippen LogP contribution in [0.4, 0.5) is 0 Å². The van der Waals surface area contributed by atoms with Crippen molar-refractivity contribution in [2.45, 2.75) is 4.90 Å². The monoisotopic (exact) mass is 388 g/mol. The number of rotatable bonds is 6. The summed E-state index contributed by atoms with van der Waals surface area (Å²) in [5.74, 6) is 0.545. The van der Waals surface area contributed by atoms with Crippen LogP contribution in [0, 0.1) is 0 Å². The van der Waals surface area contributed by atoms with Crippen molar-refractivity contribution in [2.75, 3.05) is 14.2 Å². The second-order valence-electron chi connectivity index (χ2n) is 4.54. The van der Waals surface area contributed by atoms with E-state index in [9.17, 15) is 8.42 Å². The van der Waals surface area contributed by atoms with Gasteiger partial charge in [0.15, 0.2) is 0 Å². The number of nitrogens with one attached hydrogen (secondary N) is 1. The standard InChI is InChI=1S/C15H14Cl2N2O4S/c1-22-12-5-6-14(23-2)15(8-12)24(20,21)19-18-9-10-3-4-11(16)7-13(10)17/h3-9,19H,1-2H3/b18-9-. The molecular formula is C15H14Cl2N2O4S. The fraction of sp³-hybridized carbons (Fsp3) is 0.133. The highest BCUT2D eigenvalue weighted by atomic mass is 35.5. The van der Waals surface area contributed by atoms with E-state index in [4.69, 9.17) is 32.7 Å². The Balaban J connectivity index is 2.27. The number of nitrogens with zero attached hydrogens (tertiary/aromatic N) is 1. The van der Waals surface area contributed by atoms with Crippen LogP contribution in [0.3, 0.4) is 0 Å². The zero-order valence-corrected chi connectivity index (χ0v) is 15.1. The second-order valence-corrected chi connectivity index (χ2v) is 7.01. The minimum atomic E-state index is -3.95. The molecule has 2 rings (SSSR count). The van der Waals surface area contributed by atoms with Gasteiger partial charge in [0.05, 0.1) is 25.5 Å². The summed E-state index contributed by atoms with van der Waals surface area (Å²) < 4.78 is 34.9. The molecule has 128 valence electrons. The molecular weight excluding hydrogens is 375 g/mol. The van der Waals surface area contributed by atoms with Crippen LogP contribution in [0.2, 0.25) is 10.0 Å². The SMILES string of the molecule is COc1ccc(OC)c(S(=O)(=O)N/N=C\c2ccc(Cl)cc2Cl)c1. The van der Waals surface area contributed by atoms with Crippen LogP contribution < -0.4 is 14.3 Å². The van der Waals surface area contributed by atoms with Gasteiger partial charge in [-0.25, -0.2) is 0 Å². The number of halogens is 2. The van der Waals surface area contributed by atoms with E-state index in [1.54, 1.807) is 18.2 Å². The summed E-state index contributed by atoms with van der Waals surface area (Å²) >= 11 is 11.8.